The molecule has 3 heteroatoms. The van der Waals surface area contributed by atoms with Crippen LogP contribution in [0, 0.1) is 17.3 Å². The molecule has 1 saturated carbocycles. The Kier molecular flexibility index (Phi) is 5.48. The van der Waals surface area contributed by atoms with E-state index in [-0.39, 0.29) is 0 Å². The number of hydrogen-bond donors (Lipinski definition) is 1. The predicted octanol–water partition coefficient (Wildman–Crippen LogP) is 3.79. The van der Waals surface area contributed by atoms with Gasteiger partial charge in [-0.3, -0.25) is 4.68 Å². The molecule has 21 heavy (non-hydrogen) atoms. The van der Waals surface area contributed by atoms with Crippen molar-refractivity contribution in [2.24, 2.45) is 24.3 Å². The van der Waals surface area contributed by atoms with Crippen LogP contribution in [0.2, 0.25) is 0 Å². The van der Waals surface area contributed by atoms with Crippen LogP contribution in [-0.4, -0.2) is 22.9 Å². The van der Waals surface area contributed by atoms with Crippen molar-refractivity contribution in [1.29, 1.82) is 0 Å². The first-order valence-electron chi connectivity index (χ1n) is 8.55. The first-order chi connectivity index (χ1) is 9.90. The Hall–Kier alpha value is -0.830. The molecule has 1 heterocycles. The van der Waals surface area contributed by atoms with Gasteiger partial charge in [0.15, 0.2) is 0 Å². The molecule has 1 aliphatic rings. The van der Waals surface area contributed by atoms with Gasteiger partial charge in [-0.1, -0.05) is 20.8 Å². The van der Waals surface area contributed by atoms with E-state index in [1.807, 2.05) is 17.9 Å². The van der Waals surface area contributed by atoms with Crippen molar-refractivity contribution >= 4 is 0 Å². The van der Waals surface area contributed by atoms with E-state index < -0.39 is 0 Å². The second-order valence-electron chi connectivity index (χ2n) is 7.93. The first kappa shape index (κ1) is 16.5. The summed E-state index contributed by atoms with van der Waals surface area (Å²) >= 11 is 0. The van der Waals surface area contributed by atoms with Gasteiger partial charge in [-0.15, -0.1) is 0 Å². The normalized spacial score (nSPS) is 25.0. The fourth-order valence-electron chi connectivity index (χ4n) is 3.93. The van der Waals surface area contributed by atoms with E-state index >= 15 is 0 Å². The number of nitrogens with zero attached hydrogens (tertiary/aromatic N) is 2. The molecule has 1 aromatic rings. The fraction of sp³-hybridized carbons (Fsp3) is 0.833. The summed E-state index contributed by atoms with van der Waals surface area (Å²) in [7, 11) is 4.12. The van der Waals surface area contributed by atoms with Gasteiger partial charge in [0.1, 0.15) is 0 Å². The average molecular weight is 291 g/mol. The van der Waals surface area contributed by atoms with E-state index in [2.05, 4.69) is 44.4 Å². The number of aryl methyl sites for hydroxylation is 2. The summed E-state index contributed by atoms with van der Waals surface area (Å²) in [5.41, 5.74) is 1.84. The number of aromatic nitrogens is 2. The lowest BCUT2D eigenvalue weighted by Gasteiger charge is -2.39. The molecule has 2 rings (SSSR count). The van der Waals surface area contributed by atoms with Crippen LogP contribution in [0.5, 0.6) is 0 Å². The Bertz CT molecular complexity index is 422. The largest absolute Gasteiger partial charge is 0.317 e. The quantitative estimate of drug-likeness (QED) is 0.894. The summed E-state index contributed by atoms with van der Waals surface area (Å²) in [5.74, 6) is 1.76. The summed E-state index contributed by atoms with van der Waals surface area (Å²) in [5, 5.41) is 7.84. The van der Waals surface area contributed by atoms with Gasteiger partial charge in [-0.05, 0) is 68.4 Å². The highest BCUT2D eigenvalue weighted by molar-refractivity contribution is 5.04. The third kappa shape index (κ3) is 4.57. The summed E-state index contributed by atoms with van der Waals surface area (Å²) in [4.78, 5) is 0. The van der Waals surface area contributed by atoms with Crippen molar-refractivity contribution < 1.29 is 0 Å². The molecular weight excluding hydrogens is 258 g/mol. The second-order valence-corrected chi connectivity index (χ2v) is 7.93. The standard InChI is InChI=1S/C18H33N3/c1-18(2,3)16-9-7-15(8-10-16)17(19-4)11-6-14-12-20-21(5)13-14/h12-13,15-17,19H,6-11H2,1-5H3. The molecule has 0 radical (unpaired) electrons. The zero-order valence-electron chi connectivity index (χ0n) is 14.5. The van der Waals surface area contributed by atoms with Gasteiger partial charge < -0.3 is 5.32 Å². The Morgan fingerprint density at radius 1 is 1.29 bits per heavy atom. The van der Waals surface area contributed by atoms with Crippen LogP contribution in [-0.2, 0) is 13.5 Å². The van der Waals surface area contributed by atoms with Crippen molar-refractivity contribution in [1.82, 2.24) is 15.1 Å². The smallest absolute Gasteiger partial charge is 0.0521 e. The van der Waals surface area contributed by atoms with Crippen LogP contribution in [0.3, 0.4) is 0 Å². The van der Waals surface area contributed by atoms with E-state index in [9.17, 15) is 0 Å². The molecule has 1 unspecified atom stereocenters. The van der Waals surface area contributed by atoms with Crippen LogP contribution in [0.15, 0.2) is 12.4 Å². The monoisotopic (exact) mass is 291 g/mol. The van der Waals surface area contributed by atoms with Crippen molar-refractivity contribution in [3.05, 3.63) is 18.0 Å². The van der Waals surface area contributed by atoms with Gasteiger partial charge in [-0.25, -0.2) is 0 Å². The van der Waals surface area contributed by atoms with Crippen molar-refractivity contribution in [3.63, 3.8) is 0 Å². The van der Waals surface area contributed by atoms with Crippen molar-refractivity contribution in [2.75, 3.05) is 7.05 Å². The molecule has 1 aliphatic carbocycles. The Labute approximate surface area is 130 Å². The van der Waals surface area contributed by atoms with E-state index in [0.29, 0.717) is 11.5 Å². The average Bonchev–Trinajstić information content (AvgIpc) is 2.85. The van der Waals surface area contributed by atoms with Gasteiger partial charge in [0, 0.05) is 19.3 Å². The maximum absolute atomic E-state index is 4.27. The van der Waals surface area contributed by atoms with E-state index in [1.165, 1.54) is 37.7 Å². The van der Waals surface area contributed by atoms with Crippen LogP contribution in [0.25, 0.3) is 0 Å². The molecule has 0 bridgehead atoms. The molecule has 0 aliphatic heterocycles. The van der Waals surface area contributed by atoms with Gasteiger partial charge in [0.25, 0.3) is 0 Å². The summed E-state index contributed by atoms with van der Waals surface area (Å²) in [6.07, 6.45) is 12.1. The molecule has 120 valence electrons. The lowest BCUT2D eigenvalue weighted by molar-refractivity contribution is 0.132. The van der Waals surface area contributed by atoms with Crippen LogP contribution in [0.1, 0.15) is 58.4 Å². The second kappa shape index (κ2) is 6.95. The molecular formula is C18H33N3. The minimum atomic E-state index is 0.482. The third-order valence-electron chi connectivity index (χ3n) is 5.44. The van der Waals surface area contributed by atoms with Gasteiger partial charge in [-0.2, -0.15) is 5.10 Å². The highest BCUT2D eigenvalue weighted by Gasteiger charge is 2.32. The lowest BCUT2D eigenvalue weighted by atomic mass is 9.68. The zero-order chi connectivity index (χ0) is 15.5. The Morgan fingerprint density at radius 2 is 1.95 bits per heavy atom. The van der Waals surface area contributed by atoms with Crippen molar-refractivity contribution in [3.8, 4) is 0 Å². The lowest BCUT2D eigenvalue weighted by Crippen LogP contribution is -2.38. The maximum atomic E-state index is 4.27. The van der Waals surface area contributed by atoms with E-state index in [0.717, 1.165) is 18.3 Å². The number of hydrogen-bond acceptors (Lipinski definition) is 2. The molecule has 3 nitrogen and oxygen atoms in total. The van der Waals surface area contributed by atoms with Crippen molar-refractivity contribution in [2.45, 2.75) is 65.3 Å². The molecule has 0 saturated heterocycles. The summed E-state index contributed by atoms with van der Waals surface area (Å²) in [6, 6.07) is 0.658. The van der Waals surface area contributed by atoms with Gasteiger partial charge in [0.2, 0.25) is 0 Å². The summed E-state index contributed by atoms with van der Waals surface area (Å²) < 4.78 is 1.90. The number of rotatable bonds is 5. The SMILES string of the molecule is CNC(CCc1cnn(C)c1)C1CCC(C(C)(C)C)CC1. The van der Waals surface area contributed by atoms with Crippen LogP contribution in [0.4, 0.5) is 0 Å². The minimum Gasteiger partial charge on any atom is -0.317 e. The van der Waals surface area contributed by atoms with E-state index in [4.69, 9.17) is 0 Å². The first-order valence-corrected chi connectivity index (χ1v) is 8.55. The molecule has 1 N–H and O–H groups in total. The van der Waals surface area contributed by atoms with Crippen LogP contribution >= 0.6 is 0 Å². The number of nitrogens with one attached hydrogen (secondary N) is 1. The topological polar surface area (TPSA) is 29.9 Å². The predicted molar refractivity (Wildman–Crippen MR) is 89.3 cm³/mol. The fourth-order valence-corrected chi connectivity index (χ4v) is 3.93. The highest BCUT2D eigenvalue weighted by Crippen LogP contribution is 2.41. The van der Waals surface area contributed by atoms with Gasteiger partial charge in [0.05, 0.1) is 6.20 Å². The third-order valence-corrected chi connectivity index (χ3v) is 5.44. The molecule has 0 spiro atoms. The molecule has 1 aromatic heterocycles. The highest BCUT2D eigenvalue weighted by atomic mass is 15.2. The molecule has 1 atom stereocenters. The Morgan fingerprint density at radius 3 is 2.43 bits per heavy atom. The zero-order valence-corrected chi connectivity index (χ0v) is 14.5. The van der Waals surface area contributed by atoms with E-state index in [1.54, 1.807) is 0 Å². The minimum absolute atomic E-state index is 0.482. The maximum Gasteiger partial charge on any atom is 0.0521 e. The molecule has 0 aromatic carbocycles. The molecule has 0 amide bonds. The Balaban J connectivity index is 1.82. The summed E-state index contributed by atoms with van der Waals surface area (Å²) in [6.45, 7) is 7.20. The van der Waals surface area contributed by atoms with Crippen LogP contribution < -0.4 is 5.32 Å². The van der Waals surface area contributed by atoms with Gasteiger partial charge >= 0.3 is 0 Å². The molecule has 1 fully saturated rings.